The lowest BCUT2D eigenvalue weighted by molar-refractivity contribution is -0.148. The number of esters is 1. The van der Waals surface area contributed by atoms with Crippen molar-refractivity contribution in [3.8, 4) is 5.75 Å². The van der Waals surface area contributed by atoms with E-state index in [0.29, 0.717) is 13.2 Å². The normalized spacial score (nSPS) is 11.9. The minimum atomic E-state index is -0.237. The van der Waals surface area contributed by atoms with Gasteiger partial charge in [0.15, 0.2) is 0 Å². The number of carbonyl (C=O) groups is 1. The Labute approximate surface area is 96.4 Å². The maximum absolute atomic E-state index is 11.3. The Kier molecular flexibility index (Phi) is 4.83. The molecule has 1 rings (SSSR count). The third kappa shape index (κ3) is 3.57. The van der Waals surface area contributed by atoms with Gasteiger partial charge in [-0.3, -0.25) is 4.79 Å². The molecule has 3 heteroatoms. The summed E-state index contributed by atoms with van der Waals surface area (Å²) < 4.78 is 10.5. The van der Waals surface area contributed by atoms with Crippen LogP contribution in [0.2, 0.25) is 0 Å². The van der Waals surface area contributed by atoms with Gasteiger partial charge in [0.1, 0.15) is 12.4 Å². The first-order valence-electron chi connectivity index (χ1n) is 5.50. The van der Waals surface area contributed by atoms with E-state index in [1.807, 2.05) is 31.2 Å². The zero-order valence-corrected chi connectivity index (χ0v) is 10.0. The van der Waals surface area contributed by atoms with E-state index in [1.165, 1.54) is 0 Å². The number of aryl methyl sites for hydroxylation is 1. The van der Waals surface area contributed by atoms with E-state index >= 15 is 0 Å². The summed E-state index contributed by atoms with van der Waals surface area (Å²) in [5.41, 5.74) is 1.07. The van der Waals surface area contributed by atoms with Crippen LogP contribution in [0.3, 0.4) is 0 Å². The number of rotatable bonds is 5. The van der Waals surface area contributed by atoms with Gasteiger partial charge in [0.05, 0.1) is 12.5 Å². The number of ether oxygens (including phenoxy) is 2. The first kappa shape index (κ1) is 12.6. The van der Waals surface area contributed by atoms with Crippen LogP contribution < -0.4 is 4.74 Å². The zero-order valence-electron chi connectivity index (χ0n) is 10.0. The highest BCUT2D eigenvalue weighted by Gasteiger charge is 2.14. The molecule has 1 atom stereocenters. The van der Waals surface area contributed by atoms with E-state index in [4.69, 9.17) is 9.47 Å². The summed E-state index contributed by atoms with van der Waals surface area (Å²) in [5, 5.41) is 0. The topological polar surface area (TPSA) is 35.5 Å². The van der Waals surface area contributed by atoms with Crippen LogP contribution in [0.1, 0.15) is 19.4 Å². The molecule has 1 aromatic rings. The second kappa shape index (κ2) is 6.16. The van der Waals surface area contributed by atoms with Gasteiger partial charge in [0.2, 0.25) is 0 Å². The van der Waals surface area contributed by atoms with Crippen LogP contribution in [0.15, 0.2) is 24.3 Å². The molecule has 0 bridgehead atoms. The molecule has 0 spiro atoms. The minimum absolute atomic E-state index is 0.212. The molecule has 0 aliphatic carbocycles. The van der Waals surface area contributed by atoms with Crippen molar-refractivity contribution in [2.75, 3.05) is 13.2 Å². The van der Waals surface area contributed by atoms with Crippen LogP contribution in [-0.2, 0) is 9.53 Å². The fraction of sp³-hybridized carbons (Fsp3) is 0.462. The Morgan fingerprint density at radius 3 is 2.69 bits per heavy atom. The molecular weight excluding hydrogens is 204 g/mol. The molecule has 0 saturated heterocycles. The maximum atomic E-state index is 11.3. The zero-order chi connectivity index (χ0) is 12.0. The van der Waals surface area contributed by atoms with Crippen molar-refractivity contribution in [2.45, 2.75) is 20.8 Å². The van der Waals surface area contributed by atoms with E-state index < -0.39 is 0 Å². The van der Waals surface area contributed by atoms with Gasteiger partial charge in [-0.1, -0.05) is 18.2 Å². The largest absolute Gasteiger partial charge is 0.492 e. The molecule has 0 saturated carbocycles. The van der Waals surface area contributed by atoms with Crippen LogP contribution in [0, 0.1) is 12.8 Å². The molecule has 16 heavy (non-hydrogen) atoms. The maximum Gasteiger partial charge on any atom is 0.312 e. The van der Waals surface area contributed by atoms with Crippen molar-refractivity contribution < 1.29 is 14.3 Å². The average Bonchev–Trinajstić information content (AvgIpc) is 2.28. The average molecular weight is 222 g/mol. The van der Waals surface area contributed by atoms with Gasteiger partial charge in [-0.05, 0) is 32.4 Å². The van der Waals surface area contributed by atoms with Crippen LogP contribution in [0.4, 0.5) is 0 Å². The summed E-state index contributed by atoms with van der Waals surface area (Å²) in [4.78, 5) is 11.3. The van der Waals surface area contributed by atoms with E-state index in [0.717, 1.165) is 11.3 Å². The highest BCUT2D eigenvalue weighted by atomic mass is 16.5. The second-order valence-electron chi connectivity index (χ2n) is 3.73. The van der Waals surface area contributed by atoms with Gasteiger partial charge in [-0.15, -0.1) is 0 Å². The van der Waals surface area contributed by atoms with Crippen molar-refractivity contribution in [1.82, 2.24) is 0 Å². The molecule has 3 nitrogen and oxygen atoms in total. The number of hydrogen-bond donors (Lipinski definition) is 0. The molecule has 0 aliphatic rings. The summed E-state index contributed by atoms with van der Waals surface area (Å²) in [6.07, 6.45) is 0. The summed E-state index contributed by atoms with van der Waals surface area (Å²) in [6, 6.07) is 7.74. The van der Waals surface area contributed by atoms with Crippen LogP contribution >= 0.6 is 0 Å². The molecule has 88 valence electrons. The fourth-order valence-corrected chi connectivity index (χ4v) is 1.29. The van der Waals surface area contributed by atoms with Crippen molar-refractivity contribution >= 4 is 5.97 Å². The Bertz CT molecular complexity index is 347. The summed E-state index contributed by atoms with van der Waals surface area (Å²) in [7, 11) is 0. The van der Waals surface area contributed by atoms with Gasteiger partial charge >= 0.3 is 5.97 Å². The summed E-state index contributed by atoms with van der Waals surface area (Å²) in [5.74, 6) is 0.370. The molecule has 1 unspecified atom stereocenters. The Morgan fingerprint density at radius 2 is 2.06 bits per heavy atom. The molecule has 0 fully saturated rings. The molecule has 0 amide bonds. The monoisotopic (exact) mass is 222 g/mol. The molecule has 1 aromatic carbocycles. The SMILES string of the molecule is CCOC(=O)C(C)COc1ccccc1C. The number of benzene rings is 1. The third-order valence-electron chi connectivity index (χ3n) is 2.27. The predicted molar refractivity (Wildman–Crippen MR) is 62.5 cm³/mol. The Balaban J connectivity index is 2.46. The van der Waals surface area contributed by atoms with E-state index in [-0.39, 0.29) is 11.9 Å². The Morgan fingerprint density at radius 1 is 1.38 bits per heavy atom. The van der Waals surface area contributed by atoms with E-state index in [1.54, 1.807) is 13.8 Å². The molecule has 0 N–H and O–H groups in total. The van der Waals surface area contributed by atoms with Gasteiger partial charge in [-0.2, -0.15) is 0 Å². The molecule has 0 radical (unpaired) electrons. The quantitative estimate of drug-likeness (QED) is 0.718. The second-order valence-corrected chi connectivity index (χ2v) is 3.73. The first-order chi connectivity index (χ1) is 7.65. The highest BCUT2D eigenvalue weighted by molar-refractivity contribution is 5.72. The van der Waals surface area contributed by atoms with E-state index in [9.17, 15) is 4.79 Å². The van der Waals surface area contributed by atoms with Crippen molar-refractivity contribution in [2.24, 2.45) is 5.92 Å². The van der Waals surface area contributed by atoms with Crippen molar-refractivity contribution in [1.29, 1.82) is 0 Å². The minimum Gasteiger partial charge on any atom is -0.492 e. The molecule has 0 aliphatic heterocycles. The first-order valence-corrected chi connectivity index (χ1v) is 5.50. The van der Waals surface area contributed by atoms with Gasteiger partial charge in [-0.25, -0.2) is 0 Å². The van der Waals surface area contributed by atoms with Crippen molar-refractivity contribution in [3.63, 3.8) is 0 Å². The van der Waals surface area contributed by atoms with Crippen LogP contribution in [-0.4, -0.2) is 19.2 Å². The van der Waals surface area contributed by atoms with E-state index in [2.05, 4.69) is 0 Å². The van der Waals surface area contributed by atoms with Gasteiger partial charge in [0, 0.05) is 0 Å². The standard InChI is InChI=1S/C13H18O3/c1-4-15-13(14)11(3)9-16-12-8-6-5-7-10(12)2/h5-8,11H,4,9H2,1-3H3. The van der Waals surface area contributed by atoms with Gasteiger partial charge < -0.3 is 9.47 Å². The summed E-state index contributed by atoms with van der Waals surface area (Å²) in [6.45, 7) is 6.34. The number of para-hydroxylation sites is 1. The smallest absolute Gasteiger partial charge is 0.312 e. The molecule has 0 heterocycles. The number of hydrogen-bond acceptors (Lipinski definition) is 3. The van der Waals surface area contributed by atoms with Crippen molar-refractivity contribution in [3.05, 3.63) is 29.8 Å². The van der Waals surface area contributed by atoms with Crippen LogP contribution in [0.5, 0.6) is 5.75 Å². The molecular formula is C13H18O3. The Hall–Kier alpha value is -1.51. The fourth-order valence-electron chi connectivity index (χ4n) is 1.29. The lowest BCUT2D eigenvalue weighted by atomic mass is 10.2. The lowest BCUT2D eigenvalue weighted by Crippen LogP contribution is -2.21. The third-order valence-corrected chi connectivity index (χ3v) is 2.27. The van der Waals surface area contributed by atoms with Crippen LogP contribution in [0.25, 0.3) is 0 Å². The molecule has 0 aromatic heterocycles. The lowest BCUT2D eigenvalue weighted by Gasteiger charge is -2.13. The predicted octanol–water partition coefficient (Wildman–Crippen LogP) is 2.57. The highest BCUT2D eigenvalue weighted by Crippen LogP contribution is 2.17. The summed E-state index contributed by atoms with van der Waals surface area (Å²) >= 11 is 0. The van der Waals surface area contributed by atoms with Gasteiger partial charge in [0.25, 0.3) is 0 Å². The number of carbonyl (C=O) groups excluding carboxylic acids is 1.